The Kier molecular flexibility index (Phi) is 11.8. The molecule has 10 heteroatoms. The van der Waals surface area contributed by atoms with Crippen LogP contribution in [0.3, 0.4) is 0 Å². The normalized spacial score (nSPS) is 12.2. The number of fused-ring (bicyclic) bond motifs is 26. The van der Waals surface area contributed by atoms with Crippen molar-refractivity contribution >= 4 is 183 Å². The minimum Gasteiger partial charge on any atom is -0.278 e. The smallest absolute Gasteiger partial charge is 0.221 e. The molecule has 0 fully saturated rings. The summed E-state index contributed by atoms with van der Waals surface area (Å²) >= 11 is 3.72. The first-order chi connectivity index (χ1) is 49.6. The van der Waals surface area contributed by atoms with Gasteiger partial charge in [-0.2, -0.15) is 0 Å². The van der Waals surface area contributed by atoms with Crippen molar-refractivity contribution in [3.63, 3.8) is 0 Å². The van der Waals surface area contributed by atoms with E-state index < -0.39 is 0 Å². The summed E-state index contributed by atoms with van der Waals surface area (Å²) in [6.07, 6.45) is 0. The Bertz CT molecular complexity index is 7430. The van der Waals surface area contributed by atoms with Gasteiger partial charge in [-0.15, -0.1) is 22.7 Å². The molecule has 0 aliphatic carbocycles. The zero-order valence-corrected chi connectivity index (χ0v) is 55.0. The van der Waals surface area contributed by atoms with Crippen LogP contribution >= 0.6 is 22.7 Å². The molecule has 0 saturated carbocycles. The van der Waals surface area contributed by atoms with E-state index in [1.807, 2.05) is 22.7 Å². The van der Waals surface area contributed by atoms with Crippen LogP contribution in [0.1, 0.15) is 0 Å². The third kappa shape index (κ3) is 8.08. The van der Waals surface area contributed by atoms with Crippen molar-refractivity contribution in [3.05, 3.63) is 315 Å². The molecule has 0 N–H and O–H groups in total. The van der Waals surface area contributed by atoms with E-state index in [-0.39, 0.29) is 0 Å². The molecule has 0 radical (unpaired) electrons. The fourth-order valence-electron chi connectivity index (χ4n) is 16.1. The van der Waals surface area contributed by atoms with Crippen LogP contribution in [-0.4, -0.2) is 37.9 Å². The Morgan fingerprint density at radius 3 is 1.05 bits per heavy atom. The highest BCUT2D eigenvalue weighted by atomic mass is 32.1. The molecule has 0 aliphatic heterocycles. The van der Waals surface area contributed by atoms with Gasteiger partial charge >= 0.3 is 0 Å². The predicted octanol–water partition coefficient (Wildman–Crippen LogP) is 24.3. The third-order valence-corrected chi connectivity index (χ3v) is 22.9. The highest BCUT2D eigenvalue weighted by Gasteiger charge is 2.26. The number of rotatable bonds is 5. The van der Waals surface area contributed by atoms with E-state index in [1.54, 1.807) is 0 Å². The molecule has 464 valence electrons. The molecule has 15 aromatic carbocycles. The van der Waals surface area contributed by atoms with E-state index in [9.17, 15) is 0 Å². The van der Waals surface area contributed by atoms with Crippen molar-refractivity contribution in [2.75, 3.05) is 0 Å². The number of imidazole rings is 2. The van der Waals surface area contributed by atoms with Crippen LogP contribution in [0.4, 0.5) is 0 Å². The van der Waals surface area contributed by atoms with Crippen molar-refractivity contribution in [1.29, 1.82) is 0 Å². The molecule has 0 aliphatic rings. The number of nitrogens with zero attached hydrogens (tertiary/aromatic N) is 8. The van der Waals surface area contributed by atoms with Crippen LogP contribution in [0.25, 0.3) is 206 Å². The van der Waals surface area contributed by atoms with Gasteiger partial charge in [0.05, 0.1) is 55.2 Å². The van der Waals surface area contributed by atoms with E-state index in [1.165, 1.54) is 117 Å². The number of hydrogen-bond donors (Lipinski definition) is 0. The quantitative estimate of drug-likeness (QED) is 0.172. The number of hydrogen-bond acceptors (Lipinski definition) is 6. The number of thiophene rings is 2. The Morgan fingerprint density at radius 1 is 0.210 bits per heavy atom. The van der Waals surface area contributed by atoms with E-state index in [0.717, 1.165) is 89.1 Å². The van der Waals surface area contributed by atoms with Gasteiger partial charge in [0.25, 0.3) is 0 Å². The summed E-state index contributed by atoms with van der Waals surface area (Å²) in [6.45, 7) is 0. The lowest BCUT2D eigenvalue weighted by Crippen LogP contribution is -2.06. The number of para-hydroxylation sites is 8. The molecule has 0 atom stereocenters. The second kappa shape index (κ2) is 21.3. The van der Waals surface area contributed by atoms with Crippen LogP contribution in [0.5, 0.6) is 0 Å². The van der Waals surface area contributed by atoms with Crippen molar-refractivity contribution in [1.82, 2.24) is 37.9 Å². The van der Waals surface area contributed by atoms with E-state index in [4.69, 9.17) is 19.9 Å². The van der Waals surface area contributed by atoms with Crippen molar-refractivity contribution in [2.45, 2.75) is 0 Å². The monoisotopic (exact) mass is 1310 g/mol. The SMILES string of the molecule is c1ccc(-c2ccc3sc4ccc(-c5cc6c7ccccc7n(-c7nc8ccccc8c8nc9ccccc9n78)c6c6ccccc56)cc4c3c2)cc1.c1ccc2c(c1)nc(-n1c3ccccc3c3cc(-c4ccc5sc6ccccc6c5c4)c4ccccc4c31)n1c3ccccc3nc21. The van der Waals surface area contributed by atoms with Gasteiger partial charge in [-0.05, 0) is 159 Å². The molecule has 100 heavy (non-hydrogen) atoms. The summed E-state index contributed by atoms with van der Waals surface area (Å²) in [7, 11) is 0. The lowest BCUT2D eigenvalue weighted by Gasteiger charge is -2.15. The average Bonchev–Trinajstić information content (AvgIpc) is 1.54. The highest BCUT2D eigenvalue weighted by Crippen LogP contribution is 2.47. The van der Waals surface area contributed by atoms with Gasteiger partial charge in [0.2, 0.25) is 11.9 Å². The Morgan fingerprint density at radius 2 is 0.560 bits per heavy atom. The van der Waals surface area contributed by atoms with Crippen molar-refractivity contribution in [2.24, 2.45) is 0 Å². The van der Waals surface area contributed by atoms with Gasteiger partial charge in [-0.25, -0.2) is 19.9 Å². The Hall–Kier alpha value is -12.9. The van der Waals surface area contributed by atoms with Crippen LogP contribution in [0.15, 0.2) is 315 Å². The molecule has 8 nitrogen and oxygen atoms in total. The van der Waals surface area contributed by atoms with Gasteiger partial charge in [0.1, 0.15) is 11.3 Å². The second-order valence-corrected chi connectivity index (χ2v) is 28.2. The van der Waals surface area contributed by atoms with Crippen LogP contribution in [-0.2, 0) is 0 Å². The largest absolute Gasteiger partial charge is 0.278 e. The third-order valence-electron chi connectivity index (χ3n) is 20.6. The van der Waals surface area contributed by atoms with Crippen LogP contribution in [0.2, 0.25) is 0 Å². The minimum absolute atomic E-state index is 0.830. The maximum atomic E-state index is 5.43. The van der Waals surface area contributed by atoms with Gasteiger partial charge in [-0.3, -0.25) is 17.9 Å². The van der Waals surface area contributed by atoms with E-state index in [2.05, 4.69) is 333 Å². The Balaban J connectivity index is 0.000000128. The number of benzene rings is 15. The average molecular weight is 1310 g/mol. The zero-order chi connectivity index (χ0) is 65.3. The Labute approximate surface area is 578 Å². The lowest BCUT2D eigenvalue weighted by molar-refractivity contribution is 0.981. The maximum absolute atomic E-state index is 5.43. The van der Waals surface area contributed by atoms with Gasteiger partial charge in [0, 0.05) is 83.4 Å². The first-order valence-electron chi connectivity index (χ1n) is 33.8. The molecule has 8 heterocycles. The highest BCUT2D eigenvalue weighted by molar-refractivity contribution is 7.26. The summed E-state index contributed by atoms with van der Waals surface area (Å²) in [5, 5.41) is 16.9. The summed E-state index contributed by atoms with van der Waals surface area (Å²) in [5.41, 5.74) is 19.5. The molecule has 0 amide bonds. The molecular weight excluding hydrogens is 1260 g/mol. The topological polar surface area (TPSA) is 70.2 Å². The van der Waals surface area contributed by atoms with Gasteiger partial charge < -0.3 is 0 Å². The fourth-order valence-corrected chi connectivity index (χ4v) is 18.3. The minimum atomic E-state index is 0.830. The molecule has 8 aromatic heterocycles. The molecule has 0 saturated heterocycles. The summed E-state index contributed by atoms with van der Waals surface area (Å²) in [4.78, 5) is 21.1. The fraction of sp³-hybridized carbons (Fsp3) is 0. The van der Waals surface area contributed by atoms with E-state index >= 15 is 0 Å². The zero-order valence-electron chi connectivity index (χ0n) is 53.4. The molecule has 0 unspecified atom stereocenters. The number of aromatic nitrogens is 8. The molecular formula is C90H52N8S2. The predicted molar refractivity (Wildman–Crippen MR) is 422 cm³/mol. The van der Waals surface area contributed by atoms with Crippen LogP contribution < -0.4 is 0 Å². The first kappa shape index (κ1) is 55.3. The second-order valence-electron chi connectivity index (χ2n) is 26.0. The van der Waals surface area contributed by atoms with Gasteiger partial charge in [-0.1, -0.05) is 200 Å². The maximum Gasteiger partial charge on any atom is 0.221 e. The summed E-state index contributed by atoms with van der Waals surface area (Å²) in [5.74, 6) is 1.67. The molecule has 23 aromatic rings. The van der Waals surface area contributed by atoms with Gasteiger partial charge in [0.15, 0.2) is 0 Å². The summed E-state index contributed by atoms with van der Waals surface area (Å²) in [6, 6.07) is 114. The molecule has 0 spiro atoms. The van der Waals surface area contributed by atoms with Crippen molar-refractivity contribution in [3.8, 4) is 45.3 Å². The standard InChI is InChI=1S/C48H28N4S.C42H24N4S/c1-2-12-29(13-3-1)30-22-24-44-37(26-30)38-27-31(23-25-45(38)53-44)36-28-39-33-15-7-10-20-42(33)51(46(39)34-16-5-4-14-32(34)36)48-50-40-18-8-6-17-35(40)47-49-41-19-9-11-21-43(41)52(47)48;1-2-14-29-26(11-1)31(25-21-22-39-32(23-25)28-13-5-10-20-38(28)47-39)24-33-27-12-4-8-18-36(27)45(40(29)33)42-44-34-16-6-3-15-30(34)41-43-35-17-7-9-19-37(35)46(41)42/h1-28H;1-24H. The molecule has 23 rings (SSSR count). The van der Waals surface area contributed by atoms with E-state index in [0.29, 0.717) is 0 Å². The summed E-state index contributed by atoms with van der Waals surface area (Å²) < 4.78 is 14.5. The lowest BCUT2D eigenvalue weighted by atomic mass is 9.94. The van der Waals surface area contributed by atoms with Crippen molar-refractivity contribution < 1.29 is 0 Å². The first-order valence-corrected chi connectivity index (χ1v) is 35.4. The van der Waals surface area contributed by atoms with Crippen LogP contribution in [0, 0.1) is 0 Å². The molecule has 0 bridgehead atoms.